The SMILES string of the molecule is Cc1c(C(=O)NCc2nccnc2-c2ccsc2)cnn1-c1ccccc1. The zero-order valence-electron chi connectivity index (χ0n) is 14.7. The first-order valence-corrected chi connectivity index (χ1v) is 9.39. The molecule has 0 aliphatic carbocycles. The van der Waals surface area contributed by atoms with Crippen LogP contribution >= 0.6 is 11.3 Å². The molecule has 1 amide bonds. The van der Waals surface area contributed by atoms with E-state index in [9.17, 15) is 4.79 Å². The average molecular weight is 375 g/mol. The Morgan fingerprint density at radius 1 is 1.15 bits per heavy atom. The van der Waals surface area contributed by atoms with Gasteiger partial charge in [0.2, 0.25) is 0 Å². The van der Waals surface area contributed by atoms with Crippen LogP contribution in [0.3, 0.4) is 0 Å². The fourth-order valence-corrected chi connectivity index (χ4v) is 3.50. The summed E-state index contributed by atoms with van der Waals surface area (Å²) in [5.41, 5.74) is 4.77. The summed E-state index contributed by atoms with van der Waals surface area (Å²) in [4.78, 5) is 21.5. The molecule has 1 aromatic carbocycles. The van der Waals surface area contributed by atoms with Gasteiger partial charge in [0.15, 0.2) is 0 Å². The standard InChI is InChI=1S/C20H17N5OS/c1-14-17(11-24-25(14)16-5-3-2-4-6-16)20(26)23-12-18-19(22-9-8-21-18)15-7-10-27-13-15/h2-11,13H,12H2,1H3,(H,23,26). The second kappa shape index (κ2) is 7.51. The largest absolute Gasteiger partial charge is 0.346 e. The third-order valence-electron chi connectivity index (χ3n) is 4.24. The average Bonchev–Trinajstić information content (AvgIpc) is 3.37. The summed E-state index contributed by atoms with van der Waals surface area (Å²) < 4.78 is 1.76. The van der Waals surface area contributed by atoms with Crippen LogP contribution in [0.15, 0.2) is 65.7 Å². The van der Waals surface area contributed by atoms with E-state index in [4.69, 9.17) is 0 Å². The molecule has 0 atom stereocenters. The van der Waals surface area contributed by atoms with Crippen LogP contribution in [0.25, 0.3) is 16.9 Å². The third kappa shape index (κ3) is 3.50. The first-order chi connectivity index (χ1) is 13.2. The van der Waals surface area contributed by atoms with Crippen LogP contribution in [-0.2, 0) is 6.54 Å². The van der Waals surface area contributed by atoms with Gasteiger partial charge in [-0.1, -0.05) is 18.2 Å². The summed E-state index contributed by atoms with van der Waals surface area (Å²) in [7, 11) is 0. The van der Waals surface area contributed by atoms with Gasteiger partial charge in [0, 0.05) is 23.3 Å². The number of rotatable bonds is 5. The summed E-state index contributed by atoms with van der Waals surface area (Å²) in [6.07, 6.45) is 4.89. The highest BCUT2D eigenvalue weighted by molar-refractivity contribution is 7.08. The molecule has 4 rings (SSSR count). The summed E-state index contributed by atoms with van der Waals surface area (Å²) in [6, 6.07) is 11.7. The van der Waals surface area contributed by atoms with Crippen molar-refractivity contribution in [3.8, 4) is 16.9 Å². The Kier molecular flexibility index (Phi) is 4.76. The number of benzene rings is 1. The minimum atomic E-state index is -0.184. The molecule has 6 nitrogen and oxygen atoms in total. The Hall–Kier alpha value is -3.32. The molecule has 0 radical (unpaired) electrons. The molecule has 0 bridgehead atoms. The van der Waals surface area contributed by atoms with Gasteiger partial charge >= 0.3 is 0 Å². The van der Waals surface area contributed by atoms with Crippen molar-refractivity contribution >= 4 is 17.2 Å². The van der Waals surface area contributed by atoms with Crippen molar-refractivity contribution in [2.45, 2.75) is 13.5 Å². The van der Waals surface area contributed by atoms with E-state index in [1.807, 2.05) is 54.1 Å². The Bertz CT molecular complexity index is 1060. The molecule has 0 unspecified atom stereocenters. The number of aromatic nitrogens is 4. The van der Waals surface area contributed by atoms with Gasteiger partial charge in [-0.3, -0.25) is 14.8 Å². The second-order valence-electron chi connectivity index (χ2n) is 5.94. The molecule has 7 heteroatoms. The number of hydrogen-bond donors (Lipinski definition) is 1. The normalized spacial score (nSPS) is 10.7. The van der Waals surface area contributed by atoms with Crippen molar-refractivity contribution in [3.05, 3.63) is 82.7 Å². The lowest BCUT2D eigenvalue weighted by Gasteiger charge is -2.08. The lowest BCUT2D eigenvalue weighted by molar-refractivity contribution is 0.0950. The monoisotopic (exact) mass is 375 g/mol. The molecule has 0 spiro atoms. The molecule has 1 N–H and O–H groups in total. The molecule has 0 aliphatic heterocycles. The van der Waals surface area contributed by atoms with E-state index in [1.54, 1.807) is 34.6 Å². The maximum atomic E-state index is 12.7. The maximum absolute atomic E-state index is 12.7. The van der Waals surface area contributed by atoms with Crippen molar-refractivity contribution in [2.75, 3.05) is 0 Å². The number of nitrogens with zero attached hydrogens (tertiary/aromatic N) is 4. The van der Waals surface area contributed by atoms with E-state index in [1.165, 1.54) is 0 Å². The second-order valence-corrected chi connectivity index (χ2v) is 6.72. The number of carbonyl (C=O) groups is 1. The molecule has 0 saturated heterocycles. The molecular weight excluding hydrogens is 358 g/mol. The van der Waals surface area contributed by atoms with E-state index in [-0.39, 0.29) is 5.91 Å². The van der Waals surface area contributed by atoms with Gasteiger partial charge in [0.05, 0.1) is 41.1 Å². The lowest BCUT2D eigenvalue weighted by atomic mass is 10.2. The minimum absolute atomic E-state index is 0.184. The summed E-state index contributed by atoms with van der Waals surface area (Å²) in [5, 5.41) is 11.3. The highest BCUT2D eigenvalue weighted by Crippen LogP contribution is 2.22. The number of hydrogen-bond acceptors (Lipinski definition) is 5. The predicted molar refractivity (Wildman–Crippen MR) is 105 cm³/mol. The predicted octanol–water partition coefficient (Wildman–Crippen LogP) is 3.63. The molecule has 3 aromatic heterocycles. The highest BCUT2D eigenvalue weighted by atomic mass is 32.1. The van der Waals surface area contributed by atoms with Gasteiger partial charge in [0.1, 0.15) is 0 Å². The lowest BCUT2D eigenvalue weighted by Crippen LogP contribution is -2.24. The first-order valence-electron chi connectivity index (χ1n) is 8.45. The Balaban J connectivity index is 1.53. The van der Waals surface area contributed by atoms with E-state index >= 15 is 0 Å². The third-order valence-corrected chi connectivity index (χ3v) is 4.92. The zero-order chi connectivity index (χ0) is 18.6. The number of nitrogens with one attached hydrogen (secondary N) is 1. The fraction of sp³-hybridized carbons (Fsp3) is 0.100. The van der Waals surface area contributed by atoms with E-state index in [0.29, 0.717) is 12.1 Å². The van der Waals surface area contributed by atoms with Crippen LogP contribution in [0.1, 0.15) is 21.7 Å². The fourth-order valence-electron chi connectivity index (χ4n) is 2.86. The summed E-state index contributed by atoms with van der Waals surface area (Å²) in [6.45, 7) is 2.18. The molecule has 0 aliphatic rings. The molecular formula is C20H17N5OS. The molecule has 0 fully saturated rings. The van der Waals surface area contributed by atoms with E-state index < -0.39 is 0 Å². The van der Waals surface area contributed by atoms with Gasteiger partial charge in [-0.05, 0) is 30.5 Å². The Labute approximate surface area is 160 Å². The van der Waals surface area contributed by atoms with Gasteiger partial charge < -0.3 is 5.32 Å². The van der Waals surface area contributed by atoms with Crippen LogP contribution in [0.5, 0.6) is 0 Å². The number of thiophene rings is 1. The van der Waals surface area contributed by atoms with Crippen LogP contribution in [0, 0.1) is 6.92 Å². The quantitative estimate of drug-likeness (QED) is 0.578. The Morgan fingerprint density at radius 2 is 1.96 bits per heavy atom. The van der Waals surface area contributed by atoms with E-state index in [2.05, 4.69) is 20.4 Å². The van der Waals surface area contributed by atoms with Crippen LogP contribution in [0.4, 0.5) is 0 Å². The number of amides is 1. The van der Waals surface area contributed by atoms with Gasteiger partial charge in [0.25, 0.3) is 5.91 Å². The smallest absolute Gasteiger partial charge is 0.255 e. The number of para-hydroxylation sites is 1. The van der Waals surface area contributed by atoms with Gasteiger partial charge in [-0.25, -0.2) is 4.68 Å². The molecule has 134 valence electrons. The van der Waals surface area contributed by atoms with E-state index in [0.717, 1.165) is 28.3 Å². The summed E-state index contributed by atoms with van der Waals surface area (Å²) in [5.74, 6) is -0.184. The van der Waals surface area contributed by atoms with Crippen LogP contribution < -0.4 is 5.32 Å². The highest BCUT2D eigenvalue weighted by Gasteiger charge is 2.16. The van der Waals surface area contributed by atoms with Crippen molar-refractivity contribution in [2.24, 2.45) is 0 Å². The minimum Gasteiger partial charge on any atom is -0.346 e. The topological polar surface area (TPSA) is 72.7 Å². The molecule has 0 saturated carbocycles. The van der Waals surface area contributed by atoms with Crippen molar-refractivity contribution in [3.63, 3.8) is 0 Å². The van der Waals surface area contributed by atoms with Crippen LogP contribution in [-0.4, -0.2) is 25.7 Å². The maximum Gasteiger partial charge on any atom is 0.255 e. The van der Waals surface area contributed by atoms with Crippen LogP contribution in [0.2, 0.25) is 0 Å². The van der Waals surface area contributed by atoms with Gasteiger partial charge in [-0.2, -0.15) is 16.4 Å². The van der Waals surface area contributed by atoms with Crippen molar-refractivity contribution in [1.82, 2.24) is 25.1 Å². The Morgan fingerprint density at radius 3 is 2.74 bits per heavy atom. The summed E-state index contributed by atoms with van der Waals surface area (Å²) >= 11 is 1.60. The van der Waals surface area contributed by atoms with Gasteiger partial charge in [-0.15, -0.1) is 0 Å². The molecule has 4 aromatic rings. The first kappa shape index (κ1) is 17.1. The zero-order valence-corrected chi connectivity index (χ0v) is 15.5. The van der Waals surface area contributed by atoms with Crippen molar-refractivity contribution in [1.29, 1.82) is 0 Å². The van der Waals surface area contributed by atoms with Crippen molar-refractivity contribution < 1.29 is 4.79 Å². The number of carbonyl (C=O) groups excluding carboxylic acids is 1. The molecule has 3 heterocycles. The molecule has 27 heavy (non-hydrogen) atoms.